The molecule has 0 saturated carbocycles. The standard InChI is InChI=1S/C12H18ClN3O4S.ClH/c1-8(15-2)6-16-21(18,19)11-5-9(13)3-4-10(11)20-7-12(14)17;/h3-5,8,15-16H,6-7H2,1-2H3,(H2,14,17);1H. The smallest absolute Gasteiger partial charge is 0.255 e. The lowest BCUT2D eigenvalue weighted by molar-refractivity contribution is -0.120. The van der Waals surface area contributed by atoms with Crippen LogP contribution in [-0.4, -0.2) is 40.6 Å². The minimum atomic E-state index is -3.82. The van der Waals surface area contributed by atoms with Crippen LogP contribution in [0.25, 0.3) is 0 Å². The Morgan fingerprint density at radius 2 is 2.09 bits per heavy atom. The molecule has 1 amide bonds. The maximum atomic E-state index is 12.3. The molecule has 0 spiro atoms. The van der Waals surface area contributed by atoms with Gasteiger partial charge in [0.15, 0.2) is 6.61 Å². The molecule has 126 valence electrons. The number of hydrogen-bond donors (Lipinski definition) is 3. The third-order valence-electron chi connectivity index (χ3n) is 2.64. The summed E-state index contributed by atoms with van der Waals surface area (Å²) in [5, 5.41) is 3.15. The van der Waals surface area contributed by atoms with Gasteiger partial charge in [0.1, 0.15) is 10.6 Å². The number of ether oxygens (including phenoxy) is 1. The van der Waals surface area contributed by atoms with Gasteiger partial charge in [0, 0.05) is 17.6 Å². The van der Waals surface area contributed by atoms with E-state index in [4.69, 9.17) is 22.1 Å². The van der Waals surface area contributed by atoms with Crippen molar-refractivity contribution in [2.24, 2.45) is 5.73 Å². The van der Waals surface area contributed by atoms with E-state index in [9.17, 15) is 13.2 Å². The van der Waals surface area contributed by atoms with Gasteiger partial charge in [-0.25, -0.2) is 13.1 Å². The summed E-state index contributed by atoms with van der Waals surface area (Å²) < 4.78 is 32.1. The average Bonchev–Trinajstić information content (AvgIpc) is 2.43. The molecule has 0 bridgehead atoms. The highest BCUT2D eigenvalue weighted by atomic mass is 35.5. The molecule has 1 atom stereocenters. The SMILES string of the molecule is CNC(C)CNS(=O)(=O)c1cc(Cl)ccc1OCC(N)=O.Cl. The molecule has 22 heavy (non-hydrogen) atoms. The monoisotopic (exact) mass is 371 g/mol. The van der Waals surface area contributed by atoms with Gasteiger partial charge in [-0.15, -0.1) is 12.4 Å². The van der Waals surface area contributed by atoms with Crippen molar-refractivity contribution in [3.8, 4) is 5.75 Å². The number of carbonyl (C=O) groups is 1. The molecule has 1 aromatic rings. The number of nitrogens with one attached hydrogen (secondary N) is 2. The molecule has 0 heterocycles. The normalized spacial score (nSPS) is 12.3. The van der Waals surface area contributed by atoms with Gasteiger partial charge in [0.05, 0.1) is 0 Å². The van der Waals surface area contributed by atoms with Crippen LogP contribution in [0.4, 0.5) is 0 Å². The first-order valence-electron chi connectivity index (χ1n) is 6.14. The molecule has 0 aliphatic rings. The first kappa shape index (κ1) is 20.9. The van der Waals surface area contributed by atoms with Crippen LogP contribution in [0.2, 0.25) is 5.02 Å². The van der Waals surface area contributed by atoms with Crippen LogP contribution < -0.4 is 20.5 Å². The number of halogens is 2. The zero-order chi connectivity index (χ0) is 16.0. The van der Waals surface area contributed by atoms with Crippen molar-refractivity contribution >= 4 is 39.9 Å². The molecule has 1 unspecified atom stereocenters. The largest absolute Gasteiger partial charge is 0.482 e. The number of rotatable bonds is 8. The molecule has 4 N–H and O–H groups in total. The number of primary amides is 1. The van der Waals surface area contributed by atoms with Crippen LogP contribution in [0.3, 0.4) is 0 Å². The van der Waals surface area contributed by atoms with E-state index in [1.165, 1.54) is 18.2 Å². The third-order valence-corrected chi connectivity index (χ3v) is 4.32. The van der Waals surface area contributed by atoms with Gasteiger partial charge in [-0.3, -0.25) is 4.79 Å². The fraction of sp³-hybridized carbons (Fsp3) is 0.417. The van der Waals surface area contributed by atoms with Crippen molar-refractivity contribution < 1.29 is 17.9 Å². The van der Waals surface area contributed by atoms with E-state index in [-0.39, 0.29) is 40.7 Å². The molecule has 0 aromatic heterocycles. The second-order valence-corrected chi connectivity index (χ2v) is 6.56. The van der Waals surface area contributed by atoms with Crippen molar-refractivity contribution in [2.45, 2.75) is 17.9 Å². The van der Waals surface area contributed by atoms with Gasteiger partial charge in [-0.05, 0) is 32.2 Å². The predicted octanol–water partition coefficient (Wildman–Crippen LogP) is 0.512. The highest BCUT2D eigenvalue weighted by Gasteiger charge is 2.21. The summed E-state index contributed by atoms with van der Waals surface area (Å²) in [7, 11) is -2.10. The minimum absolute atomic E-state index is 0. The lowest BCUT2D eigenvalue weighted by Crippen LogP contribution is -2.37. The Kier molecular flexibility index (Phi) is 8.72. The molecule has 0 fully saturated rings. The molecule has 10 heteroatoms. The molecule has 1 rings (SSSR count). The van der Waals surface area contributed by atoms with Crippen LogP contribution in [0.1, 0.15) is 6.92 Å². The summed E-state index contributed by atoms with van der Waals surface area (Å²) in [6, 6.07) is 4.05. The molecule has 0 radical (unpaired) electrons. The number of amides is 1. The average molecular weight is 372 g/mol. The van der Waals surface area contributed by atoms with E-state index in [1.807, 2.05) is 6.92 Å². The second kappa shape index (κ2) is 9.16. The molecule has 0 aliphatic carbocycles. The molecule has 0 saturated heterocycles. The Bertz CT molecular complexity index is 610. The highest BCUT2D eigenvalue weighted by Crippen LogP contribution is 2.27. The first-order chi connectivity index (χ1) is 9.76. The first-order valence-corrected chi connectivity index (χ1v) is 8.00. The van der Waals surface area contributed by atoms with Gasteiger partial charge in [-0.2, -0.15) is 0 Å². The van der Waals surface area contributed by atoms with E-state index < -0.39 is 22.5 Å². The van der Waals surface area contributed by atoms with Crippen molar-refractivity contribution in [3.05, 3.63) is 23.2 Å². The van der Waals surface area contributed by atoms with Gasteiger partial charge >= 0.3 is 0 Å². The Morgan fingerprint density at radius 1 is 1.45 bits per heavy atom. The van der Waals surface area contributed by atoms with Crippen LogP contribution in [0, 0.1) is 0 Å². The van der Waals surface area contributed by atoms with E-state index in [1.54, 1.807) is 7.05 Å². The Balaban J connectivity index is 0.00000441. The Hall–Kier alpha value is -1.06. The lowest BCUT2D eigenvalue weighted by atomic mass is 10.3. The quantitative estimate of drug-likeness (QED) is 0.616. The zero-order valence-electron chi connectivity index (χ0n) is 12.1. The molecule has 0 aliphatic heterocycles. The Morgan fingerprint density at radius 3 is 2.64 bits per heavy atom. The topological polar surface area (TPSA) is 111 Å². The third kappa shape index (κ3) is 6.37. The summed E-state index contributed by atoms with van der Waals surface area (Å²) >= 11 is 5.82. The summed E-state index contributed by atoms with van der Waals surface area (Å²) in [6.45, 7) is 1.60. The summed E-state index contributed by atoms with van der Waals surface area (Å²) in [5.74, 6) is -0.687. The van der Waals surface area contributed by atoms with Gasteiger partial charge in [0.25, 0.3) is 5.91 Å². The molecule has 1 aromatic carbocycles. The van der Waals surface area contributed by atoms with Gasteiger partial charge in [-0.1, -0.05) is 11.6 Å². The summed E-state index contributed by atoms with van der Waals surface area (Å²) in [4.78, 5) is 10.6. The van der Waals surface area contributed by atoms with Crippen molar-refractivity contribution in [1.82, 2.24) is 10.0 Å². The lowest BCUT2D eigenvalue weighted by Gasteiger charge is -2.14. The van der Waals surface area contributed by atoms with Crippen molar-refractivity contribution in [3.63, 3.8) is 0 Å². The van der Waals surface area contributed by atoms with E-state index in [0.717, 1.165) is 0 Å². The fourth-order valence-electron chi connectivity index (χ4n) is 1.37. The number of likely N-dealkylation sites (N-methyl/N-ethyl adjacent to an activating group) is 1. The maximum Gasteiger partial charge on any atom is 0.255 e. The van der Waals surface area contributed by atoms with Gasteiger partial charge < -0.3 is 15.8 Å². The van der Waals surface area contributed by atoms with E-state index in [0.29, 0.717) is 0 Å². The number of nitrogens with two attached hydrogens (primary N) is 1. The number of hydrogen-bond acceptors (Lipinski definition) is 5. The number of carbonyl (C=O) groups excluding carboxylic acids is 1. The second-order valence-electron chi connectivity index (χ2n) is 4.39. The highest BCUT2D eigenvalue weighted by molar-refractivity contribution is 7.89. The minimum Gasteiger partial charge on any atom is -0.482 e. The van der Waals surface area contributed by atoms with Crippen LogP contribution >= 0.6 is 24.0 Å². The number of sulfonamides is 1. The van der Waals surface area contributed by atoms with E-state index in [2.05, 4.69) is 10.0 Å². The molecule has 7 nitrogen and oxygen atoms in total. The Labute approximate surface area is 141 Å². The van der Waals surface area contributed by atoms with Crippen LogP contribution in [-0.2, 0) is 14.8 Å². The number of benzene rings is 1. The maximum absolute atomic E-state index is 12.3. The summed E-state index contributed by atoms with van der Waals surface area (Å²) in [6.07, 6.45) is 0. The van der Waals surface area contributed by atoms with Crippen LogP contribution in [0.15, 0.2) is 23.1 Å². The molecular weight excluding hydrogens is 353 g/mol. The van der Waals surface area contributed by atoms with Crippen molar-refractivity contribution in [1.29, 1.82) is 0 Å². The predicted molar refractivity (Wildman–Crippen MR) is 87.1 cm³/mol. The fourth-order valence-corrected chi connectivity index (χ4v) is 2.91. The van der Waals surface area contributed by atoms with E-state index >= 15 is 0 Å². The zero-order valence-corrected chi connectivity index (χ0v) is 14.5. The molecular formula is C12H19Cl2N3O4S. The van der Waals surface area contributed by atoms with Crippen molar-refractivity contribution in [2.75, 3.05) is 20.2 Å². The van der Waals surface area contributed by atoms with Crippen LogP contribution in [0.5, 0.6) is 5.75 Å². The van der Waals surface area contributed by atoms with Gasteiger partial charge in [0.2, 0.25) is 10.0 Å². The summed E-state index contributed by atoms with van der Waals surface area (Å²) in [5.41, 5.74) is 4.98.